The van der Waals surface area contributed by atoms with Crippen molar-refractivity contribution in [3.63, 3.8) is 0 Å². The normalized spacial score (nSPS) is 13.5. The fraction of sp³-hybridized carbons (Fsp3) is 0.154. The van der Waals surface area contributed by atoms with E-state index in [4.69, 9.17) is 0 Å². The van der Waals surface area contributed by atoms with E-state index in [1.54, 1.807) is 0 Å². The third-order valence-corrected chi connectivity index (χ3v) is 5.44. The van der Waals surface area contributed by atoms with Gasteiger partial charge in [-0.1, -0.05) is 72.8 Å². The van der Waals surface area contributed by atoms with Crippen LogP contribution in [0.15, 0.2) is 72.8 Å². The van der Waals surface area contributed by atoms with Gasteiger partial charge in [-0.05, 0) is 56.6 Å². The molecule has 1 aliphatic carbocycles. The van der Waals surface area contributed by atoms with E-state index < -0.39 is 0 Å². The Hall–Kier alpha value is -3.04. The lowest BCUT2D eigenvalue weighted by molar-refractivity contribution is 0.996. The molecule has 0 bridgehead atoms. The third kappa shape index (κ3) is 2.49. The predicted octanol–water partition coefficient (Wildman–Crippen LogP) is 6.54. The largest absolute Gasteiger partial charge is 0.103 e. The Kier molecular flexibility index (Phi) is 3.72. The van der Waals surface area contributed by atoms with Gasteiger partial charge in [0.2, 0.25) is 0 Å². The summed E-state index contributed by atoms with van der Waals surface area (Å²) in [7, 11) is 0. The molecular weight excluding hydrogens is 312 g/mol. The van der Waals surface area contributed by atoms with E-state index in [9.17, 15) is 0 Å². The minimum atomic E-state index is 0.936. The van der Waals surface area contributed by atoms with Crippen molar-refractivity contribution in [1.29, 1.82) is 0 Å². The van der Waals surface area contributed by atoms with Crippen molar-refractivity contribution in [2.75, 3.05) is 0 Å². The van der Waals surface area contributed by atoms with Crippen LogP contribution in [0.4, 0.5) is 0 Å². The molecule has 0 heteroatoms. The molecule has 0 unspecified atom stereocenters. The standard InChI is InChI=1S/C26H20/c1-2-4-12-22-18-16-20-10-6-8-14-24(20)26(22)25-21(11-3-1)17-15-19-9-5-7-13-23(19)25/h5-10,13-18H,3-4,11-12H2. The number of fused-ring (bicyclic) bond motifs is 7. The summed E-state index contributed by atoms with van der Waals surface area (Å²) >= 11 is 0. The summed E-state index contributed by atoms with van der Waals surface area (Å²) in [5.41, 5.74) is 5.66. The predicted molar refractivity (Wildman–Crippen MR) is 111 cm³/mol. The number of aryl methyl sites for hydroxylation is 2. The van der Waals surface area contributed by atoms with Gasteiger partial charge in [0.1, 0.15) is 0 Å². The molecule has 0 saturated heterocycles. The summed E-state index contributed by atoms with van der Waals surface area (Å²) in [6, 6.07) is 26.7. The first-order valence-electron chi connectivity index (χ1n) is 9.39. The van der Waals surface area contributed by atoms with Crippen LogP contribution in [0.1, 0.15) is 24.0 Å². The molecule has 0 spiro atoms. The number of hydrogen-bond donors (Lipinski definition) is 0. The van der Waals surface area contributed by atoms with Crippen LogP contribution in [0.25, 0.3) is 32.7 Å². The zero-order valence-electron chi connectivity index (χ0n) is 14.8. The first-order chi connectivity index (χ1) is 12.9. The first kappa shape index (κ1) is 15.2. The van der Waals surface area contributed by atoms with Gasteiger partial charge in [-0.3, -0.25) is 0 Å². The van der Waals surface area contributed by atoms with Crippen LogP contribution < -0.4 is 0 Å². The maximum atomic E-state index is 3.36. The van der Waals surface area contributed by atoms with Crippen molar-refractivity contribution in [3.05, 3.63) is 83.9 Å². The zero-order chi connectivity index (χ0) is 17.3. The first-order valence-corrected chi connectivity index (χ1v) is 9.39. The monoisotopic (exact) mass is 332 g/mol. The van der Waals surface area contributed by atoms with Gasteiger partial charge < -0.3 is 0 Å². The SMILES string of the molecule is C1#CCCc2ccc3ccccc3c2-c2c(ccc3ccccc23)CC1. The smallest absolute Gasteiger partial charge is 0.0129 e. The molecule has 0 amide bonds. The van der Waals surface area contributed by atoms with Gasteiger partial charge in [-0.15, -0.1) is 11.8 Å². The van der Waals surface area contributed by atoms with Gasteiger partial charge in [0.05, 0.1) is 0 Å². The van der Waals surface area contributed by atoms with Crippen molar-refractivity contribution in [2.45, 2.75) is 25.7 Å². The van der Waals surface area contributed by atoms with Crippen molar-refractivity contribution in [1.82, 2.24) is 0 Å². The van der Waals surface area contributed by atoms with E-state index in [0.717, 1.165) is 25.7 Å². The van der Waals surface area contributed by atoms with Crippen molar-refractivity contribution >= 4 is 21.5 Å². The Bertz CT molecular complexity index is 1090. The van der Waals surface area contributed by atoms with Crippen LogP contribution in [0, 0.1) is 11.8 Å². The molecule has 0 atom stereocenters. The third-order valence-electron chi connectivity index (χ3n) is 5.44. The lowest BCUT2D eigenvalue weighted by Crippen LogP contribution is -1.98. The van der Waals surface area contributed by atoms with Crippen LogP contribution in [-0.2, 0) is 12.8 Å². The van der Waals surface area contributed by atoms with Crippen molar-refractivity contribution < 1.29 is 0 Å². The topological polar surface area (TPSA) is 0 Å². The van der Waals surface area contributed by atoms with Gasteiger partial charge in [-0.25, -0.2) is 0 Å². The summed E-state index contributed by atoms with van der Waals surface area (Å²) in [6.07, 6.45) is 3.89. The van der Waals surface area contributed by atoms with Crippen molar-refractivity contribution in [2.24, 2.45) is 0 Å². The summed E-state index contributed by atoms with van der Waals surface area (Å²) in [4.78, 5) is 0. The maximum absolute atomic E-state index is 3.36. The van der Waals surface area contributed by atoms with E-state index in [-0.39, 0.29) is 0 Å². The minimum absolute atomic E-state index is 0.936. The Balaban J connectivity index is 1.96. The number of hydrogen-bond acceptors (Lipinski definition) is 0. The van der Waals surface area contributed by atoms with Crippen molar-refractivity contribution in [3.8, 4) is 23.0 Å². The van der Waals surface area contributed by atoms with Crippen LogP contribution in [0.5, 0.6) is 0 Å². The Morgan fingerprint density at radius 2 is 0.962 bits per heavy atom. The molecule has 0 aromatic heterocycles. The fourth-order valence-electron chi connectivity index (χ4n) is 4.21. The van der Waals surface area contributed by atoms with Crippen LogP contribution >= 0.6 is 0 Å². The lowest BCUT2D eigenvalue weighted by atomic mass is 9.84. The van der Waals surface area contributed by atoms with E-state index in [1.807, 2.05) is 0 Å². The molecule has 5 rings (SSSR count). The highest BCUT2D eigenvalue weighted by Crippen LogP contribution is 2.40. The second-order valence-electron chi connectivity index (χ2n) is 7.00. The summed E-state index contributed by atoms with van der Waals surface area (Å²) in [6.45, 7) is 0. The van der Waals surface area contributed by atoms with Crippen LogP contribution in [-0.4, -0.2) is 0 Å². The van der Waals surface area contributed by atoms with E-state index in [0.29, 0.717) is 0 Å². The quantitative estimate of drug-likeness (QED) is 0.321. The molecule has 124 valence electrons. The highest BCUT2D eigenvalue weighted by molar-refractivity contribution is 6.07. The Morgan fingerprint density at radius 3 is 1.46 bits per heavy atom. The molecular formula is C26H20. The van der Waals surface area contributed by atoms with E-state index in [2.05, 4.69) is 84.6 Å². The second kappa shape index (κ2) is 6.36. The molecule has 4 aromatic carbocycles. The molecule has 0 aliphatic heterocycles. The molecule has 26 heavy (non-hydrogen) atoms. The molecule has 0 heterocycles. The summed E-state index contributed by atoms with van der Waals surface area (Å²) in [5, 5.41) is 5.34. The summed E-state index contributed by atoms with van der Waals surface area (Å²) in [5.74, 6) is 6.72. The van der Waals surface area contributed by atoms with Gasteiger partial charge in [0.15, 0.2) is 0 Å². The van der Waals surface area contributed by atoms with E-state index in [1.165, 1.54) is 43.8 Å². The highest BCUT2D eigenvalue weighted by atomic mass is 14.2. The van der Waals surface area contributed by atoms with Gasteiger partial charge in [0, 0.05) is 12.8 Å². The van der Waals surface area contributed by atoms with Crippen LogP contribution in [0.3, 0.4) is 0 Å². The molecule has 0 fully saturated rings. The number of rotatable bonds is 0. The summed E-state index contributed by atoms with van der Waals surface area (Å²) < 4.78 is 0. The fourth-order valence-corrected chi connectivity index (χ4v) is 4.21. The van der Waals surface area contributed by atoms with Gasteiger partial charge in [-0.2, -0.15) is 0 Å². The van der Waals surface area contributed by atoms with E-state index >= 15 is 0 Å². The minimum Gasteiger partial charge on any atom is -0.103 e. The second-order valence-corrected chi connectivity index (χ2v) is 7.00. The number of benzene rings is 4. The molecule has 0 nitrogen and oxygen atoms in total. The lowest BCUT2D eigenvalue weighted by Gasteiger charge is -2.19. The Labute approximate surface area is 154 Å². The average molecular weight is 332 g/mol. The highest BCUT2D eigenvalue weighted by Gasteiger charge is 2.16. The van der Waals surface area contributed by atoms with Crippen LogP contribution in [0.2, 0.25) is 0 Å². The average Bonchev–Trinajstić information content (AvgIpc) is 2.70. The van der Waals surface area contributed by atoms with Gasteiger partial charge in [0.25, 0.3) is 0 Å². The molecule has 0 N–H and O–H groups in total. The molecule has 1 aliphatic rings. The van der Waals surface area contributed by atoms with Gasteiger partial charge >= 0.3 is 0 Å². The Morgan fingerprint density at radius 1 is 0.500 bits per heavy atom. The molecule has 0 saturated carbocycles. The molecule has 0 radical (unpaired) electrons. The molecule has 4 aromatic rings. The zero-order valence-corrected chi connectivity index (χ0v) is 14.8. The maximum Gasteiger partial charge on any atom is 0.0129 e.